The van der Waals surface area contributed by atoms with Gasteiger partial charge in [0.25, 0.3) is 5.91 Å². The molecule has 1 amide bonds. The quantitative estimate of drug-likeness (QED) is 0.118. The topological polar surface area (TPSA) is 95.5 Å². The molecule has 4 aromatic carbocycles. The lowest BCUT2D eigenvalue weighted by Gasteiger charge is -2.15. The van der Waals surface area contributed by atoms with Gasteiger partial charge in [-0.1, -0.05) is 52.3 Å². The Morgan fingerprint density at radius 2 is 1.61 bits per heavy atom. The number of benzene rings is 4. The summed E-state index contributed by atoms with van der Waals surface area (Å²) in [6.45, 7) is 1.64. The first kappa shape index (κ1) is 26.7. The number of hydrogen-bond donors (Lipinski definition) is 1. The zero-order valence-electron chi connectivity index (χ0n) is 20.9. The standard InChI is InChI=1S/C29H25BrN2O6/c1-18(37-25-10-6-8-19-7-4-5-9-23(19)25)28(33)32-31-17-21-15-22(30)12-14-24(21)38-29(34)20-11-13-26(35-2)27(16-20)36-3/h4-18H,1-3H3,(H,32,33). The van der Waals surface area contributed by atoms with E-state index in [4.69, 9.17) is 18.9 Å². The number of rotatable bonds is 9. The van der Waals surface area contributed by atoms with E-state index in [2.05, 4.69) is 26.5 Å². The Morgan fingerprint density at radius 1 is 0.868 bits per heavy atom. The highest BCUT2D eigenvalue weighted by Gasteiger charge is 2.17. The van der Waals surface area contributed by atoms with Crippen molar-refractivity contribution in [3.63, 3.8) is 0 Å². The molecule has 1 unspecified atom stereocenters. The number of hydrazone groups is 1. The average molecular weight is 577 g/mol. The number of amides is 1. The highest BCUT2D eigenvalue weighted by atomic mass is 79.9. The maximum atomic E-state index is 12.8. The minimum Gasteiger partial charge on any atom is -0.493 e. The number of ether oxygens (including phenoxy) is 4. The molecule has 194 valence electrons. The van der Waals surface area contributed by atoms with Crippen molar-refractivity contribution in [1.82, 2.24) is 5.43 Å². The SMILES string of the molecule is COc1ccc(C(=O)Oc2ccc(Br)cc2C=NNC(=O)C(C)Oc2cccc3ccccc23)cc1OC. The smallest absolute Gasteiger partial charge is 0.343 e. The summed E-state index contributed by atoms with van der Waals surface area (Å²) in [6, 6.07) is 23.2. The van der Waals surface area contributed by atoms with Crippen molar-refractivity contribution in [3.05, 3.63) is 94.5 Å². The number of fused-ring (bicyclic) bond motifs is 1. The second kappa shape index (κ2) is 12.2. The van der Waals surface area contributed by atoms with Crippen LogP contribution in [0.4, 0.5) is 0 Å². The van der Waals surface area contributed by atoms with Gasteiger partial charge in [-0.15, -0.1) is 0 Å². The molecule has 4 aromatic rings. The fraction of sp³-hybridized carbons (Fsp3) is 0.138. The molecular formula is C29H25BrN2O6. The van der Waals surface area contributed by atoms with Gasteiger partial charge in [0.1, 0.15) is 11.5 Å². The number of carbonyl (C=O) groups is 2. The summed E-state index contributed by atoms with van der Waals surface area (Å²) in [5.74, 6) is 0.728. The Kier molecular flexibility index (Phi) is 8.60. The highest BCUT2D eigenvalue weighted by molar-refractivity contribution is 9.10. The maximum absolute atomic E-state index is 12.8. The van der Waals surface area contributed by atoms with Crippen LogP contribution in [0.1, 0.15) is 22.8 Å². The van der Waals surface area contributed by atoms with Crippen molar-refractivity contribution < 1.29 is 28.5 Å². The van der Waals surface area contributed by atoms with E-state index in [0.717, 1.165) is 15.2 Å². The third-order valence-corrected chi connectivity index (χ3v) is 6.09. The maximum Gasteiger partial charge on any atom is 0.343 e. The van der Waals surface area contributed by atoms with Crippen molar-refractivity contribution in [2.45, 2.75) is 13.0 Å². The van der Waals surface area contributed by atoms with E-state index < -0.39 is 18.0 Å². The van der Waals surface area contributed by atoms with Crippen LogP contribution in [0.5, 0.6) is 23.0 Å². The first-order valence-electron chi connectivity index (χ1n) is 11.6. The molecule has 0 aromatic heterocycles. The molecule has 0 aliphatic carbocycles. The molecule has 0 saturated heterocycles. The van der Waals surface area contributed by atoms with Crippen LogP contribution in [-0.4, -0.2) is 38.4 Å². The molecule has 1 atom stereocenters. The van der Waals surface area contributed by atoms with Gasteiger partial charge in [-0.05, 0) is 54.8 Å². The number of nitrogens with one attached hydrogen (secondary N) is 1. The monoisotopic (exact) mass is 576 g/mol. The van der Waals surface area contributed by atoms with E-state index in [0.29, 0.717) is 22.8 Å². The van der Waals surface area contributed by atoms with Crippen molar-refractivity contribution in [2.24, 2.45) is 5.10 Å². The second-order valence-corrected chi connectivity index (χ2v) is 9.03. The molecule has 8 nitrogen and oxygen atoms in total. The summed E-state index contributed by atoms with van der Waals surface area (Å²) in [5.41, 5.74) is 3.23. The number of nitrogens with zero attached hydrogens (tertiary/aromatic N) is 1. The number of halogens is 1. The molecule has 0 aliphatic heterocycles. The van der Waals surface area contributed by atoms with Crippen LogP contribution in [0.25, 0.3) is 10.8 Å². The van der Waals surface area contributed by atoms with Gasteiger partial charge in [-0.2, -0.15) is 5.10 Å². The molecule has 0 saturated carbocycles. The molecule has 0 fully saturated rings. The van der Waals surface area contributed by atoms with E-state index in [1.807, 2.05) is 42.5 Å². The van der Waals surface area contributed by atoms with E-state index in [-0.39, 0.29) is 11.3 Å². The van der Waals surface area contributed by atoms with Gasteiger partial charge in [0.2, 0.25) is 0 Å². The molecule has 0 spiro atoms. The Morgan fingerprint density at radius 3 is 2.39 bits per heavy atom. The number of esters is 1. The Hall–Kier alpha value is -4.37. The van der Waals surface area contributed by atoms with Crippen molar-refractivity contribution in [3.8, 4) is 23.0 Å². The van der Waals surface area contributed by atoms with Crippen LogP contribution in [0, 0.1) is 0 Å². The van der Waals surface area contributed by atoms with Gasteiger partial charge in [0, 0.05) is 15.4 Å². The lowest BCUT2D eigenvalue weighted by Crippen LogP contribution is -2.33. The molecule has 0 heterocycles. The fourth-order valence-electron chi connectivity index (χ4n) is 3.63. The first-order valence-corrected chi connectivity index (χ1v) is 12.4. The molecular weight excluding hydrogens is 552 g/mol. The van der Waals surface area contributed by atoms with Gasteiger partial charge in [-0.25, -0.2) is 10.2 Å². The normalized spacial score (nSPS) is 11.7. The van der Waals surface area contributed by atoms with Crippen LogP contribution in [0.3, 0.4) is 0 Å². The predicted octanol–water partition coefficient (Wildman–Crippen LogP) is 5.76. The van der Waals surface area contributed by atoms with Crippen LogP contribution < -0.4 is 24.4 Å². The minimum atomic E-state index is -0.803. The second-order valence-electron chi connectivity index (χ2n) is 8.11. The molecule has 38 heavy (non-hydrogen) atoms. The predicted molar refractivity (Wildman–Crippen MR) is 148 cm³/mol. The van der Waals surface area contributed by atoms with Gasteiger partial charge in [0.05, 0.1) is 26.0 Å². The molecule has 0 bridgehead atoms. The first-order chi connectivity index (χ1) is 18.4. The number of hydrogen-bond acceptors (Lipinski definition) is 7. The zero-order chi connectivity index (χ0) is 27.1. The Labute approximate surface area is 228 Å². The Balaban J connectivity index is 1.44. The summed E-state index contributed by atoms with van der Waals surface area (Å²) in [7, 11) is 3.00. The van der Waals surface area contributed by atoms with Crippen LogP contribution >= 0.6 is 15.9 Å². The van der Waals surface area contributed by atoms with Gasteiger partial charge < -0.3 is 18.9 Å². The lowest BCUT2D eigenvalue weighted by atomic mass is 10.1. The van der Waals surface area contributed by atoms with Crippen molar-refractivity contribution in [1.29, 1.82) is 0 Å². The third-order valence-electron chi connectivity index (χ3n) is 5.59. The molecule has 4 rings (SSSR count). The number of carbonyl (C=O) groups excluding carboxylic acids is 2. The lowest BCUT2D eigenvalue weighted by molar-refractivity contribution is -0.127. The summed E-state index contributed by atoms with van der Waals surface area (Å²) < 4.78 is 22.7. The average Bonchev–Trinajstić information content (AvgIpc) is 2.94. The van der Waals surface area contributed by atoms with Crippen LogP contribution in [-0.2, 0) is 4.79 Å². The third kappa shape index (κ3) is 6.30. The largest absolute Gasteiger partial charge is 0.493 e. The summed E-state index contributed by atoms with van der Waals surface area (Å²) in [4.78, 5) is 25.4. The highest BCUT2D eigenvalue weighted by Crippen LogP contribution is 2.29. The van der Waals surface area contributed by atoms with Crippen LogP contribution in [0.15, 0.2) is 88.4 Å². The molecule has 1 N–H and O–H groups in total. The zero-order valence-corrected chi connectivity index (χ0v) is 22.5. The van der Waals surface area contributed by atoms with E-state index >= 15 is 0 Å². The van der Waals surface area contributed by atoms with E-state index in [1.54, 1.807) is 37.3 Å². The van der Waals surface area contributed by atoms with Gasteiger partial charge >= 0.3 is 5.97 Å². The molecule has 9 heteroatoms. The van der Waals surface area contributed by atoms with E-state index in [1.165, 1.54) is 26.5 Å². The summed E-state index contributed by atoms with van der Waals surface area (Å²) >= 11 is 3.40. The summed E-state index contributed by atoms with van der Waals surface area (Å²) in [6.07, 6.45) is 0.590. The summed E-state index contributed by atoms with van der Waals surface area (Å²) in [5, 5.41) is 5.97. The van der Waals surface area contributed by atoms with E-state index in [9.17, 15) is 9.59 Å². The van der Waals surface area contributed by atoms with Gasteiger partial charge in [-0.3, -0.25) is 4.79 Å². The molecule has 0 radical (unpaired) electrons. The van der Waals surface area contributed by atoms with Crippen molar-refractivity contribution >= 4 is 44.8 Å². The van der Waals surface area contributed by atoms with Gasteiger partial charge in [0.15, 0.2) is 17.6 Å². The molecule has 0 aliphatic rings. The fourth-order valence-corrected chi connectivity index (χ4v) is 4.01. The minimum absolute atomic E-state index is 0.256. The van der Waals surface area contributed by atoms with Crippen LogP contribution in [0.2, 0.25) is 0 Å². The van der Waals surface area contributed by atoms with Crippen molar-refractivity contribution in [2.75, 3.05) is 14.2 Å². The number of methoxy groups -OCH3 is 2. The Bertz CT molecular complexity index is 1500.